The van der Waals surface area contributed by atoms with Crippen LogP contribution in [0.3, 0.4) is 0 Å². The van der Waals surface area contributed by atoms with Crippen LogP contribution in [-0.2, 0) is 0 Å². The van der Waals surface area contributed by atoms with E-state index in [1.807, 2.05) is 18.2 Å². The first-order valence-electron chi connectivity index (χ1n) is 6.97. The Morgan fingerprint density at radius 3 is 2.83 bits per heavy atom. The van der Waals surface area contributed by atoms with E-state index in [1.165, 1.54) is 44.5 Å². The Hall–Kier alpha value is -0.570. The quantitative estimate of drug-likeness (QED) is 0.793. The molecule has 100 valence electrons. The molecule has 1 N–H and O–H groups in total. The zero-order valence-corrected chi connectivity index (χ0v) is 11.9. The molecule has 1 aromatic rings. The highest BCUT2D eigenvalue weighted by Gasteiger charge is 2.10. The fourth-order valence-corrected chi connectivity index (χ4v) is 2.72. The van der Waals surface area contributed by atoms with E-state index in [-0.39, 0.29) is 0 Å². The molecule has 1 heterocycles. The number of hydrogen-bond acceptors (Lipinski definition) is 2. The minimum atomic E-state index is 0.377. The molecule has 0 amide bonds. The molecule has 1 saturated heterocycles. The van der Waals surface area contributed by atoms with Gasteiger partial charge in [0.05, 0.1) is 0 Å². The average molecular weight is 267 g/mol. The molecule has 2 nitrogen and oxygen atoms in total. The molecule has 0 aliphatic carbocycles. The van der Waals surface area contributed by atoms with Gasteiger partial charge in [-0.3, -0.25) is 0 Å². The van der Waals surface area contributed by atoms with Gasteiger partial charge in [0, 0.05) is 11.1 Å². The van der Waals surface area contributed by atoms with Crippen molar-refractivity contribution in [1.82, 2.24) is 10.2 Å². The maximum atomic E-state index is 6.00. The molecule has 0 spiro atoms. The molecule has 0 radical (unpaired) electrons. The molecular weight excluding hydrogens is 244 g/mol. The lowest BCUT2D eigenvalue weighted by Crippen LogP contribution is -2.26. The summed E-state index contributed by atoms with van der Waals surface area (Å²) in [6.07, 6.45) is 3.99. The summed E-state index contributed by atoms with van der Waals surface area (Å²) < 4.78 is 0. The lowest BCUT2D eigenvalue weighted by Gasteiger charge is -2.17. The number of halogens is 1. The Balaban J connectivity index is 1.66. The first kappa shape index (κ1) is 13.9. The van der Waals surface area contributed by atoms with E-state index in [4.69, 9.17) is 11.6 Å². The van der Waals surface area contributed by atoms with Gasteiger partial charge in [0.25, 0.3) is 0 Å². The van der Waals surface area contributed by atoms with Gasteiger partial charge in [-0.05, 0) is 70.1 Å². The standard InChI is InChI=1S/C15H23ClN2/c1-13(14-6-4-7-15(16)12-14)17-8-5-11-18-9-2-3-10-18/h4,6-7,12-13,17H,2-3,5,8-11H2,1H3. The van der Waals surface area contributed by atoms with Crippen LogP contribution in [0.2, 0.25) is 5.02 Å². The van der Waals surface area contributed by atoms with Gasteiger partial charge in [-0.1, -0.05) is 23.7 Å². The van der Waals surface area contributed by atoms with Crippen molar-refractivity contribution in [2.75, 3.05) is 26.2 Å². The number of nitrogens with zero attached hydrogens (tertiary/aromatic N) is 1. The first-order chi connectivity index (χ1) is 8.75. The van der Waals surface area contributed by atoms with Crippen LogP contribution < -0.4 is 5.32 Å². The van der Waals surface area contributed by atoms with E-state index >= 15 is 0 Å². The molecule has 1 aromatic carbocycles. The molecule has 0 saturated carbocycles. The van der Waals surface area contributed by atoms with E-state index in [1.54, 1.807) is 0 Å². The molecule has 2 rings (SSSR count). The number of benzene rings is 1. The summed E-state index contributed by atoms with van der Waals surface area (Å²) in [4.78, 5) is 2.56. The van der Waals surface area contributed by atoms with Crippen LogP contribution in [-0.4, -0.2) is 31.1 Å². The number of likely N-dealkylation sites (tertiary alicyclic amines) is 1. The second kappa shape index (κ2) is 7.13. The Kier molecular flexibility index (Phi) is 5.48. The van der Waals surface area contributed by atoms with Crippen molar-refractivity contribution < 1.29 is 0 Å². The van der Waals surface area contributed by atoms with E-state index in [2.05, 4.69) is 23.2 Å². The third-order valence-electron chi connectivity index (χ3n) is 3.65. The summed E-state index contributed by atoms with van der Waals surface area (Å²) in [7, 11) is 0. The van der Waals surface area contributed by atoms with Gasteiger partial charge in [-0.25, -0.2) is 0 Å². The molecule has 1 fully saturated rings. The lowest BCUT2D eigenvalue weighted by atomic mass is 10.1. The van der Waals surface area contributed by atoms with Gasteiger partial charge in [-0.15, -0.1) is 0 Å². The molecule has 0 bridgehead atoms. The van der Waals surface area contributed by atoms with Crippen molar-refractivity contribution in [2.24, 2.45) is 0 Å². The minimum Gasteiger partial charge on any atom is -0.310 e. The number of hydrogen-bond donors (Lipinski definition) is 1. The summed E-state index contributed by atoms with van der Waals surface area (Å²) in [6.45, 7) is 7.09. The van der Waals surface area contributed by atoms with E-state index in [0.717, 1.165) is 11.6 Å². The molecular formula is C15H23ClN2. The van der Waals surface area contributed by atoms with Crippen LogP contribution in [0.15, 0.2) is 24.3 Å². The van der Waals surface area contributed by atoms with Gasteiger partial charge in [0.1, 0.15) is 0 Å². The van der Waals surface area contributed by atoms with Gasteiger partial charge in [0.15, 0.2) is 0 Å². The normalized spacial score (nSPS) is 18.1. The third-order valence-corrected chi connectivity index (χ3v) is 3.88. The van der Waals surface area contributed by atoms with Crippen molar-refractivity contribution in [1.29, 1.82) is 0 Å². The van der Waals surface area contributed by atoms with Crippen LogP contribution in [0.4, 0.5) is 0 Å². The Bertz CT molecular complexity index is 361. The molecule has 3 heteroatoms. The van der Waals surface area contributed by atoms with Gasteiger partial charge < -0.3 is 10.2 Å². The SMILES string of the molecule is CC(NCCCN1CCCC1)c1cccc(Cl)c1. The summed E-state index contributed by atoms with van der Waals surface area (Å²) in [5.41, 5.74) is 1.27. The first-order valence-corrected chi connectivity index (χ1v) is 7.35. The highest BCUT2D eigenvalue weighted by atomic mass is 35.5. The largest absolute Gasteiger partial charge is 0.310 e. The molecule has 18 heavy (non-hydrogen) atoms. The molecule has 1 unspecified atom stereocenters. The molecule has 1 atom stereocenters. The second-order valence-electron chi connectivity index (χ2n) is 5.13. The fraction of sp³-hybridized carbons (Fsp3) is 0.600. The topological polar surface area (TPSA) is 15.3 Å². The molecule has 1 aliphatic heterocycles. The fourth-order valence-electron chi connectivity index (χ4n) is 2.52. The van der Waals surface area contributed by atoms with Gasteiger partial charge in [0.2, 0.25) is 0 Å². The summed E-state index contributed by atoms with van der Waals surface area (Å²) in [5.74, 6) is 0. The van der Waals surface area contributed by atoms with Crippen LogP contribution in [0.25, 0.3) is 0 Å². The second-order valence-corrected chi connectivity index (χ2v) is 5.57. The van der Waals surface area contributed by atoms with Gasteiger partial charge >= 0.3 is 0 Å². The van der Waals surface area contributed by atoms with Gasteiger partial charge in [-0.2, -0.15) is 0 Å². The highest BCUT2D eigenvalue weighted by molar-refractivity contribution is 6.30. The third kappa shape index (κ3) is 4.27. The zero-order chi connectivity index (χ0) is 12.8. The van der Waals surface area contributed by atoms with Crippen molar-refractivity contribution in [3.63, 3.8) is 0 Å². The predicted molar refractivity (Wildman–Crippen MR) is 78.2 cm³/mol. The lowest BCUT2D eigenvalue weighted by molar-refractivity contribution is 0.328. The van der Waals surface area contributed by atoms with Crippen LogP contribution >= 0.6 is 11.6 Å². The van der Waals surface area contributed by atoms with Crippen LogP contribution in [0.1, 0.15) is 37.8 Å². The number of rotatable bonds is 6. The van der Waals surface area contributed by atoms with Crippen molar-refractivity contribution in [3.8, 4) is 0 Å². The monoisotopic (exact) mass is 266 g/mol. The summed E-state index contributed by atoms with van der Waals surface area (Å²) >= 11 is 6.00. The average Bonchev–Trinajstić information content (AvgIpc) is 2.87. The van der Waals surface area contributed by atoms with Crippen LogP contribution in [0, 0.1) is 0 Å². The van der Waals surface area contributed by atoms with Crippen LogP contribution in [0.5, 0.6) is 0 Å². The molecule has 1 aliphatic rings. The van der Waals surface area contributed by atoms with E-state index in [0.29, 0.717) is 6.04 Å². The highest BCUT2D eigenvalue weighted by Crippen LogP contribution is 2.17. The van der Waals surface area contributed by atoms with Crippen molar-refractivity contribution in [2.45, 2.75) is 32.2 Å². The Morgan fingerprint density at radius 2 is 2.11 bits per heavy atom. The van der Waals surface area contributed by atoms with E-state index < -0.39 is 0 Å². The smallest absolute Gasteiger partial charge is 0.0409 e. The Morgan fingerprint density at radius 1 is 1.33 bits per heavy atom. The van der Waals surface area contributed by atoms with Crippen molar-refractivity contribution in [3.05, 3.63) is 34.9 Å². The van der Waals surface area contributed by atoms with E-state index in [9.17, 15) is 0 Å². The molecule has 0 aromatic heterocycles. The van der Waals surface area contributed by atoms with Crippen molar-refractivity contribution >= 4 is 11.6 Å². The summed E-state index contributed by atoms with van der Waals surface area (Å²) in [5, 5.41) is 4.38. The zero-order valence-electron chi connectivity index (χ0n) is 11.2. The minimum absolute atomic E-state index is 0.377. The maximum absolute atomic E-state index is 6.00. The predicted octanol–water partition coefficient (Wildman–Crippen LogP) is 3.48. The number of nitrogens with one attached hydrogen (secondary N) is 1. The maximum Gasteiger partial charge on any atom is 0.0409 e. The summed E-state index contributed by atoms with van der Waals surface area (Å²) in [6, 6.07) is 8.48. The Labute approximate surface area is 115 Å².